The van der Waals surface area contributed by atoms with Crippen LogP contribution >= 0.6 is 43.6 Å². The van der Waals surface area contributed by atoms with Crippen molar-refractivity contribution in [3.8, 4) is 0 Å². The molecule has 0 N–H and O–H groups in total. The third-order valence-corrected chi connectivity index (χ3v) is 14.5. The molecule has 0 aromatic heterocycles. The second-order valence-electron chi connectivity index (χ2n) is 5.97. The second kappa shape index (κ2) is 5.07. The Labute approximate surface area is 122 Å². The lowest BCUT2D eigenvalue weighted by Crippen LogP contribution is -2.64. The molecular weight excluding hydrogens is 430 g/mol. The van der Waals surface area contributed by atoms with Crippen molar-refractivity contribution in [1.29, 1.82) is 0 Å². The Hall–Kier alpha value is 1.60. The molecule has 0 amide bonds. The molecule has 0 saturated carbocycles. The van der Waals surface area contributed by atoms with Gasteiger partial charge in [0.1, 0.15) is 0 Å². The van der Waals surface area contributed by atoms with Crippen molar-refractivity contribution in [2.24, 2.45) is 0 Å². The third kappa shape index (κ3) is 4.40. The molecule has 0 aromatic rings. The highest BCUT2D eigenvalue weighted by Crippen LogP contribution is 2.36. The second-order valence-corrected chi connectivity index (χ2v) is 23.5. The SMILES string of the molecule is CN(C(C)(C)C)[Si](I)(I)N(C)C(C)(C)C. The van der Waals surface area contributed by atoms with Gasteiger partial charge in [0.05, 0.1) is 0 Å². The van der Waals surface area contributed by atoms with E-state index in [4.69, 9.17) is 0 Å². The summed E-state index contributed by atoms with van der Waals surface area (Å²) in [5.74, 6) is 0. The summed E-state index contributed by atoms with van der Waals surface area (Å²) in [6.07, 6.45) is 0. The Morgan fingerprint density at radius 3 is 1.07 bits per heavy atom. The van der Waals surface area contributed by atoms with Crippen LogP contribution in [0, 0.1) is 0 Å². The van der Waals surface area contributed by atoms with Gasteiger partial charge in [0.15, 0.2) is 0 Å². The first-order chi connectivity index (χ1) is 6.31. The molecule has 5 heteroatoms. The smallest absolute Gasteiger partial charge is 0.294 e. The fraction of sp³-hybridized carbons (Fsp3) is 1.00. The first-order valence-electron chi connectivity index (χ1n) is 5.17. The normalized spacial score (nSPS) is 15.2. The van der Waals surface area contributed by atoms with E-state index in [1.54, 1.807) is 0 Å². The van der Waals surface area contributed by atoms with Crippen LogP contribution in [0.5, 0.6) is 0 Å². The number of hydrogen-bond acceptors (Lipinski definition) is 2. The molecule has 0 rings (SSSR count). The lowest BCUT2D eigenvalue weighted by atomic mass is 10.1. The minimum Gasteiger partial charge on any atom is -0.294 e. The van der Waals surface area contributed by atoms with Crippen LogP contribution < -0.4 is 0 Å². The van der Waals surface area contributed by atoms with Crippen LogP contribution in [0.3, 0.4) is 0 Å². The lowest BCUT2D eigenvalue weighted by Gasteiger charge is -2.49. The van der Waals surface area contributed by atoms with Crippen LogP contribution in [0.15, 0.2) is 0 Å². The summed E-state index contributed by atoms with van der Waals surface area (Å²) in [4.78, 5) is 0. The van der Waals surface area contributed by atoms with Gasteiger partial charge in [-0.3, -0.25) is 9.13 Å². The molecule has 0 aliphatic carbocycles. The first-order valence-corrected chi connectivity index (χ1v) is 13.3. The molecule has 0 radical (unpaired) electrons. The van der Waals surface area contributed by atoms with Crippen LogP contribution in [0.1, 0.15) is 41.5 Å². The highest BCUT2D eigenvalue weighted by Gasteiger charge is 2.46. The van der Waals surface area contributed by atoms with Crippen LogP contribution in [0.4, 0.5) is 0 Å². The van der Waals surface area contributed by atoms with Crippen LogP contribution in [-0.4, -0.2) is 37.7 Å². The average Bonchev–Trinajstić information content (AvgIpc) is 1.98. The van der Waals surface area contributed by atoms with Crippen molar-refractivity contribution >= 4 is 47.0 Å². The maximum absolute atomic E-state index is 2.66. The summed E-state index contributed by atoms with van der Waals surface area (Å²) < 4.78 is 3.49. The molecule has 0 atom stereocenters. The van der Waals surface area contributed by atoms with Crippen LogP contribution in [0.2, 0.25) is 0 Å². The summed E-state index contributed by atoms with van der Waals surface area (Å²) in [7, 11) is 4.49. The van der Waals surface area contributed by atoms with Gasteiger partial charge in [0.25, 0.3) is 0 Å². The Bertz CT molecular complexity index is 196. The van der Waals surface area contributed by atoms with E-state index in [9.17, 15) is 0 Å². The molecule has 92 valence electrons. The molecular formula is C10H24I2N2Si. The molecule has 0 saturated heterocycles. The van der Waals surface area contributed by atoms with Gasteiger partial charge in [0, 0.05) is 11.1 Å². The number of rotatable bonds is 2. The van der Waals surface area contributed by atoms with E-state index < -0.39 is 3.39 Å². The van der Waals surface area contributed by atoms with Gasteiger partial charge < -0.3 is 0 Å². The van der Waals surface area contributed by atoms with E-state index in [1.807, 2.05) is 0 Å². The summed E-state index contributed by atoms with van der Waals surface area (Å²) in [6.45, 7) is 13.7. The molecule has 0 unspecified atom stereocenters. The third-order valence-electron chi connectivity index (χ3n) is 2.82. The Morgan fingerprint density at radius 2 is 0.933 bits per heavy atom. The Morgan fingerprint density at radius 1 is 0.733 bits per heavy atom. The Kier molecular flexibility index (Phi) is 5.61. The van der Waals surface area contributed by atoms with Gasteiger partial charge in [0.2, 0.25) is 0 Å². The zero-order valence-electron chi connectivity index (χ0n) is 11.2. The summed E-state index contributed by atoms with van der Waals surface area (Å²) in [5.41, 5.74) is 0.461. The van der Waals surface area contributed by atoms with Crippen LogP contribution in [-0.2, 0) is 0 Å². The minimum atomic E-state index is -1.57. The molecule has 0 aliphatic heterocycles. The molecule has 15 heavy (non-hydrogen) atoms. The van der Waals surface area contributed by atoms with Crippen LogP contribution in [0.25, 0.3) is 0 Å². The van der Waals surface area contributed by atoms with E-state index in [2.05, 4.69) is 108 Å². The highest BCUT2D eigenvalue weighted by atomic mass is 127. The molecule has 2 nitrogen and oxygen atoms in total. The van der Waals surface area contributed by atoms with Crippen molar-refractivity contribution in [3.05, 3.63) is 0 Å². The first kappa shape index (κ1) is 16.6. The summed E-state index contributed by atoms with van der Waals surface area (Å²) in [5, 5.41) is 0. The van der Waals surface area contributed by atoms with Gasteiger partial charge in [-0.05, 0) is 55.6 Å². The van der Waals surface area contributed by atoms with Gasteiger partial charge in [-0.2, -0.15) is 0 Å². The minimum absolute atomic E-state index is 0.230. The van der Waals surface area contributed by atoms with Crippen molar-refractivity contribution < 1.29 is 0 Å². The Balaban J connectivity index is 4.98. The monoisotopic (exact) mass is 454 g/mol. The van der Waals surface area contributed by atoms with Gasteiger partial charge in [-0.15, -0.1) is 0 Å². The summed E-state index contributed by atoms with van der Waals surface area (Å²) >= 11 is 5.31. The van der Waals surface area contributed by atoms with Gasteiger partial charge in [-0.25, -0.2) is 0 Å². The molecule has 0 aliphatic rings. The highest BCUT2D eigenvalue weighted by molar-refractivity contribution is 14.3. The topological polar surface area (TPSA) is 6.48 Å². The molecule has 0 aromatic carbocycles. The number of nitrogens with zero attached hydrogens (tertiary/aromatic N) is 2. The largest absolute Gasteiger partial charge is 0.343 e. The maximum Gasteiger partial charge on any atom is 0.343 e. The fourth-order valence-corrected chi connectivity index (χ4v) is 11.8. The summed E-state index contributed by atoms with van der Waals surface area (Å²) in [6, 6.07) is 0. The quantitative estimate of drug-likeness (QED) is 0.357. The van der Waals surface area contributed by atoms with E-state index in [0.29, 0.717) is 0 Å². The molecule has 0 spiro atoms. The lowest BCUT2D eigenvalue weighted by molar-refractivity contribution is 0.229. The van der Waals surface area contributed by atoms with E-state index >= 15 is 0 Å². The van der Waals surface area contributed by atoms with E-state index in [-0.39, 0.29) is 11.1 Å². The molecule has 0 fully saturated rings. The molecule has 0 bridgehead atoms. The van der Waals surface area contributed by atoms with E-state index in [1.165, 1.54) is 0 Å². The fourth-order valence-electron chi connectivity index (χ4n) is 1.03. The average molecular weight is 454 g/mol. The number of hydrogen-bond donors (Lipinski definition) is 0. The predicted molar refractivity (Wildman–Crippen MR) is 88.8 cm³/mol. The zero-order chi connectivity index (χ0) is 12.7. The van der Waals surface area contributed by atoms with Crippen molar-refractivity contribution in [1.82, 2.24) is 9.13 Å². The van der Waals surface area contributed by atoms with Gasteiger partial charge in [-0.1, -0.05) is 43.6 Å². The number of halogens is 2. The van der Waals surface area contributed by atoms with E-state index in [0.717, 1.165) is 0 Å². The predicted octanol–water partition coefficient (Wildman–Crippen LogP) is 3.75. The molecule has 0 heterocycles. The maximum atomic E-state index is 2.66. The van der Waals surface area contributed by atoms with Crippen molar-refractivity contribution in [2.45, 2.75) is 52.6 Å². The van der Waals surface area contributed by atoms with Crippen molar-refractivity contribution in [2.75, 3.05) is 14.1 Å². The van der Waals surface area contributed by atoms with Gasteiger partial charge >= 0.3 is 3.39 Å². The zero-order valence-corrected chi connectivity index (χ0v) is 16.5. The standard InChI is InChI=1S/C10H24I2N2Si/c1-9(2,3)13(7)15(11,12)14(8)10(4,5)6/h1-8H3. The van der Waals surface area contributed by atoms with Crippen molar-refractivity contribution in [3.63, 3.8) is 0 Å².